The third-order valence-corrected chi connectivity index (χ3v) is 6.09. The van der Waals surface area contributed by atoms with Crippen molar-refractivity contribution in [2.75, 3.05) is 6.61 Å². The lowest BCUT2D eigenvalue weighted by Crippen LogP contribution is -2.61. The molecule has 0 aliphatic carbocycles. The zero-order valence-electron chi connectivity index (χ0n) is 21.5. The van der Waals surface area contributed by atoms with Crippen molar-refractivity contribution >= 4 is 24.3 Å². The highest BCUT2D eigenvalue weighted by molar-refractivity contribution is 5.91. The molecule has 5 atom stereocenters. The van der Waals surface area contributed by atoms with E-state index >= 15 is 0 Å². The minimum Gasteiger partial charge on any atom is -0.508 e. The molecular formula is C28H26O14. The molecule has 1 saturated heterocycles. The summed E-state index contributed by atoms with van der Waals surface area (Å²) in [5, 5.41) is 78.0. The molecule has 4 rings (SSSR count). The number of esters is 1. The van der Waals surface area contributed by atoms with Crippen LogP contribution < -0.4 is 9.47 Å². The molecule has 0 spiro atoms. The summed E-state index contributed by atoms with van der Waals surface area (Å²) in [6.45, 7) is -0.698. The molecule has 1 heterocycles. The maximum Gasteiger partial charge on any atom is 0.511 e. The predicted molar refractivity (Wildman–Crippen MR) is 141 cm³/mol. The summed E-state index contributed by atoms with van der Waals surface area (Å²) in [5.41, 5.74) is 0.705. The van der Waals surface area contributed by atoms with Gasteiger partial charge in [-0.2, -0.15) is 0 Å². The van der Waals surface area contributed by atoms with Crippen LogP contribution in [0, 0.1) is 0 Å². The number of phenols is 4. The zero-order chi connectivity index (χ0) is 30.6. The van der Waals surface area contributed by atoms with Crippen molar-refractivity contribution in [3.8, 4) is 34.5 Å². The molecule has 14 heteroatoms. The predicted octanol–water partition coefficient (Wildman–Crippen LogP) is 1.78. The van der Waals surface area contributed by atoms with Crippen LogP contribution >= 0.6 is 0 Å². The van der Waals surface area contributed by atoms with Crippen LogP contribution in [0.15, 0.2) is 54.6 Å². The Kier molecular flexibility index (Phi) is 9.02. The number of benzene rings is 3. The summed E-state index contributed by atoms with van der Waals surface area (Å²) in [6, 6.07) is 11.8. The second kappa shape index (κ2) is 12.7. The quantitative estimate of drug-likeness (QED) is 0.0814. The Morgan fingerprint density at radius 3 is 2.10 bits per heavy atom. The summed E-state index contributed by atoms with van der Waals surface area (Å²) in [6.07, 6.45) is -6.19. The molecule has 3 aromatic carbocycles. The molecule has 0 saturated carbocycles. The Bertz CT molecular complexity index is 1440. The van der Waals surface area contributed by atoms with Gasteiger partial charge in [0.05, 0.1) is 12.2 Å². The van der Waals surface area contributed by atoms with Gasteiger partial charge in [-0.15, -0.1) is 0 Å². The highest BCUT2D eigenvalue weighted by Gasteiger charge is 2.48. The van der Waals surface area contributed by atoms with Crippen LogP contribution in [0.25, 0.3) is 12.2 Å². The zero-order valence-corrected chi connectivity index (χ0v) is 21.5. The Morgan fingerprint density at radius 1 is 0.833 bits per heavy atom. The third-order valence-electron chi connectivity index (χ3n) is 6.09. The number of hydrogen-bond acceptors (Lipinski definition) is 13. The minimum atomic E-state index is -1.77. The first-order chi connectivity index (χ1) is 19.9. The number of carboxylic acid groups (broad SMARTS) is 1. The molecule has 1 aliphatic heterocycles. The maximum absolute atomic E-state index is 12.7. The first kappa shape index (κ1) is 30.0. The van der Waals surface area contributed by atoms with Crippen LogP contribution in [-0.4, -0.2) is 90.3 Å². The number of aliphatic hydroxyl groups excluding tert-OH is 3. The first-order valence-corrected chi connectivity index (χ1v) is 12.2. The van der Waals surface area contributed by atoms with Gasteiger partial charge in [0, 0.05) is 6.07 Å². The summed E-state index contributed by atoms with van der Waals surface area (Å²) < 4.78 is 21.1. The van der Waals surface area contributed by atoms with Gasteiger partial charge in [0.2, 0.25) is 6.29 Å². The Hall–Kier alpha value is -5.02. The second-order valence-electron chi connectivity index (χ2n) is 9.09. The van der Waals surface area contributed by atoms with Crippen molar-refractivity contribution in [3.63, 3.8) is 0 Å². The van der Waals surface area contributed by atoms with Crippen molar-refractivity contribution in [2.45, 2.75) is 30.7 Å². The van der Waals surface area contributed by atoms with Gasteiger partial charge in [0.25, 0.3) is 0 Å². The van der Waals surface area contributed by atoms with E-state index in [0.29, 0.717) is 11.1 Å². The molecule has 1 aliphatic rings. The van der Waals surface area contributed by atoms with Crippen LogP contribution in [-0.2, 0) is 9.47 Å². The minimum absolute atomic E-state index is 0.0684. The van der Waals surface area contributed by atoms with E-state index in [2.05, 4.69) is 4.74 Å². The lowest BCUT2D eigenvalue weighted by atomic mass is 9.99. The maximum atomic E-state index is 12.7. The van der Waals surface area contributed by atoms with Crippen LogP contribution in [0.3, 0.4) is 0 Å². The van der Waals surface area contributed by atoms with Crippen molar-refractivity contribution in [2.24, 2.45) is 0 Å². The van der Waals surface area contributed by atoms with Crippen LogP contribution in [0.4, 0.5) is 4.79 Å². The normalized spacial score (nSPS) is 22.0. The van der Waals surface area contributed by atoms with Crippen molar-refractivity contribution in [1.29, 1.82) is 0 Å². The number of rotatable bonds is 8. The SMILES string of the molecule is O=C(O)Oc1cc(O)cc(/C=C/c2ccc(O[C@@H]3O[C@H](CO)[C@@H](O)[C@H](O)[C@H]3OC(=O)c3cc(O)c(O)c(O)c3)cc2)c1. The van der Waals surface area contributed by atoms with Gasteiger partial charge in [-0.1, -0.05) is 24.3 Å². The van der Waals surface area contributed by atoms with Gasteiger partial charge in [-0.25, -0.2) is 9.59 Å². The number of aromatic hydroxyl groups is 4. The topological polar surface area (TPSA) is 233 Å². The number of hydrogen-bond donors (Lipinski definition) is 8. The van der Waals surface area contributed by atoms with Gasteiger partial charge in [-0.3, -0.25) is 0 Å². The second-order valence-corrected chi connectivity index (χ2v) is 9.09. The highest BCUT2D eigenvalue weighted by Crippen LogP contribution is 2.36. The fourth-order valence-corrected chi connectivity index (χ4v) is 4.04. The molecule has 0 radical (unpaired) electrons. The summed E-state index contributed by atoms with van der Waals surface area (Å²) in [5.74, 6) is -3.72. The first-order valence-electron chi connectivity index (χ1n) is 12.2. The lowest BCUT2D eigenvalue weighted by molar-refractivity contribution is -0.276. The number of aliphatic hydroxyl groups is 3. The fraction of sp³-hybridized carbons (Fsp3) is 0.214. The van der Waals surface area contributed by atoms with E-state index in [1.807, 2.05) is 0 Å². The van der Waals surface area contributed by atoms with E-state index in [-0.39, 0.29) is 17.2 Å². The van der Waals surface area contributed by atoms with Crippen LogP contribution in [0.1, 0.15) is 21.5 Å². The van der Waals surface area contributed by atoms with Crippen molar-refractivity contribution < 1.29 is 69.4 Å². The number of carbonyl (C=O) groups excluding carboxylic acids is 1. The van der Waals surface area contributed by atoms with Crippen molar-refractivity contribution in [1.82, 2.24) is 0 Å². The smallest absolute Gasteiger partial charge is 0.508 e. The molecule has 0 unspecified atom stereocenters. The van der Waals surface area contributed by atoms with Gasteiger partial charge in [-0.05, 0) is 47.5 Å². The third kappa shape index (κ3) is 7.00. The molecule has 0 amide bonds. The molecule has 8 N–H and O–H groups in total. The molecule has 14 nitrogen and oxygen atoms in total. The summed E-state index contributed by atoms with van der Waals surface area (Å²) >= 11 is 0. The highest BCUT2D eigenvalue weighted by atomic mass is 16.7. The average Bonchev–Trinajstić information content (AvgIpc) is 2.94. The number of ether oxygens (including phenoxy) is 4. The molecule has 3 aromatic rings. The molecule has 0 bridgehead atoms. The molecule has 42 heavy (non-hydrogen) atoms. The van der Waals surface area contributed by atoms with Crippen molar-refractivity contribution in [3.05, 3.63) is 71.3 Å². The van der Waals surface area contributed by atoms with Gasteiger partial charge in [0.1, 0.15) is 35.6 Å². The van der Waals surface area contributed by atoms with E-state index in [0.717, 1.165) is 18.2 Å². The lowest BCUT2D eigenvalue weighted by Gasteiger charge is -2.41. The monoisotopic (exact) mass is 586 g/mol. The largest absolute Gasteiger partial charge is 0.511 e. The van der Waals surface area contributed by atoms with E-state index in [9.17, 15) is 45.3 Å². The molecule has 0 aromatic heterocycles. The van der Waals surface area contributed by atoms with E-state index in [1.165, 1.54) is 24.3 Å². The Balaban J connectivity index is 1.50. The van der Waals surface area contributed by atoms with Gasteiger partial charge >= 0.3 is 12.1 Å². The standard InChI is InChI=1S/C28H26O14/c29-12-21-23(34)24(35)25(42-26(36)15-9-19(31)22(33)20(32)10-15)27(41-21)39-17-5-3-13(4-6-17)1-2-14-7-16(30)11-18(8-14)40-28(37)38/h1-11,21,23-25,27,29-35H,12H2,(H,37,38)/b2-1+/t21-,23-,24+,25-,27-/m1/s1. The summed E-state index contributed by atoms with van der Waals surface area (Å²) in [7, 11) is 0. The fourth-order valence-electron chi connectivity index (χ4n) is 4.04. The average molecular weight is 587 g/mol. The van der Waals surface area contributed by atoms with Crippen LogP contribution in [0.2, 0.25) is 0 Å². The van der Waals surface area contributed by atoms with E-state index in [1.54, 1.807) is 24.3 Å². The van der Waals surface area contributed by atoms with Gasteiger partial charge in [0.15, 0.2) is 23.4 Å². The van der Waals surface area contributed by atoms with E-state index in [4.69, 9.17) is 19.3 Å². The number of carbonyl (C=O) groups is 2. The Labute approximate surface area is 237 Å². The Morgan fingerprint density at radius 2 is 1.48 bits per heavy atom. The summed E-state index contributed by atoms with van der Waals surface area (Å²) in [4.78, 5) is 23.5. The molecular weight excluding hydrogens is 560 g/mol. The number of phenolic OH excluding ortho intramolecular Hbond substituents is 4. The van der Waals surface area contributed by atoms with Gasteiger partial charge < -0.3 is 59.8 Å². The van der Waals surface area contributed by atoms with E-state index < -0.39 is 72.2 Å². The molecule has 1 fully saturated rings. The van der Waals surface area contributed by atoms with Crippen LogP contribution in [0.5, 0.6) is 34.5 Å². The molecule has 222 valence electrons.